The lowest BCUT2D eigenvalue weighted by Gasteiger charge is -2.28. The van der Waals surface area contributed by atoms with E-state index in [-0.39, 0.29) is 11.2 Å². The van der Waals surface area contributed by atoms with Crippen molar-refractivity contribution in [3.05, 3.63) is 16.1 Å². The summed E-state index contributed by atoms with van der Waals surface area (Å²) in [4.78, 5) is 4.41. The average molecular weight is 345 g/mol. The number of nitrogens with zero attached hydrogens (tertiary/aromatic N) is 2. The highest BCUT2D eigenvalue weighted by Gasteiger charge is 2.51. The lowest BCUT2D eigenvalue weighted by Crippen LogP contribution is -2.35. The maximum atomic E-state index is 12.1. The Morgan fingerprint density at radius 2 is 2.36 bits per heavy atom. The third-order valence-corrected chi connectivity index (χ3v) is 7.69. The number of hydrogen-bond donors (Lipinski definition) is 0. The van der Waals surface area contributed by atoms with E-state index in [4.69, 9.17) is 4.74 Å². The second kappa shape index (κ2) is 6.19. The van der Waals surface area contributed by atoms with Gasteiger partial charge in [-0.25, -0.2) is 17.7 Å². The minimum Gasteiger partial charge on any atom is -0.374 e. The van der Waals surface area contributed by atoms with Crippen LogP contribution in [0.2, 0.25) is 0 Å². The van der Waals surface area contributed by atoms with E-state index >= 15 is 0 Å². The van der Waals surface area contributed by atoms with Crippen LogP contribution in [0.5, 0.6) is 0 Å². The Kier molecular flexibility index (Phi) is 4.60. The zero-order valence-corrected chi connectivity index (χ0v) is 14.9. The lowest BCUT2D eigenvalue weighted by atomic mass is 9.82. The van der Waals surface area contributed by atoms with E-state index < -0.39 is 10.0 Å². The average Bonchev–Trinajstić information content (AvgIpc) is 3.13. The predicted octanol–water partition coefficient (Wildman–Crippen LogP) is 2.42. The number of aromatic nitrogens is 1. The Labute approximate surface area is 136 Å². The van der Waals surface area contributed by atoms with Crippen molar-refractivity contribution in [1.29, 1.82) is 0 Å². The van der Waals surface area contributed by atoms with Crippen LogP contribution in [-0.4, -0.2) is 43.2 Å². The molecule has 2 fully saturated rings. The number of fused-ring (bicyclic) bond motifs is 1. The van der Waals surface area contributed by atoms with E-state index in [1.807, 2.05) is 12.3 Å². The maximum Gasteiger partial charge on any atom is 0.213 e. The minimum absolute atomic E-state index is 0.0211. The largest absolute Gasteiger partial charge is 0.374 e. The molecule has 1 saturated carbocycles. The first-order chi connectivity index (χ1) is 10.5. The van der Waals surface area contributed by atoms with Gasteiger partial charge in [-0.15, -0.1) is 11.3 Å². The maximum absolute atomic E-state index is 12.1. The molecule has 0 N–H and O–H groups in total. The van der Waals surface area contributed by atoms with Crippen molar-refractivity contribution in [2.45, 2.75) is 39.7 Å². The summed E-state index contributed by atoms with van der Waals surface area (Å²) < 4.78 is 31.9. The minimum atomic E-state index is -3.08. The van der Waals surface area contributed by atoms with Crippen molar-refractivity contribution in [3.8, 4) is 0 Å². The van der Waals surface area contributed by atoms with Crippen molar-refractivity contribution in [3.63, 3.8) is 0 Å². The van der Waals surface area contributed by atoms with Crippen molar-refractivity contribution >= 4 is 21.4 Å². The smallest absolute Gasteiger partial charge is 0.213 e. The summed E-state index contributed by atoms with van der Waals surface area (Å²) in [5.41, 5.74) is 0.998. The number of ether oxygens (including phenoxy) is 1. The summed E-state index contributed by atoms with van der Waals surface area (Å²) in [6.45, 7) is 6.18. The molecule has 1 aromatic rings. The summed E-state index contributed by atoms with van der Waals surface area (Å²) in [5.74, 6) is 0.639. The zero-order chi connectivity index (χ0) is 15.8. The first-order valence-electron chi connectivity index (χ1n) is 7.92. The Morgan fingerprint density at radius 1 is 1.55 bits per heavy atom. The van der Waals surface area contributed by atoms with Crippen molar-refractivity contribution < 1.29 is 13.2 Å². The second-order valence-electron chi connectivity index (χ2n) is 6.50. The highest BCUT2D eigenvalue weighted by Crippen LogP contribution is 2.49. The van der Waals surface area contributed by atoms with Crippen LogP contribution in [0.1, 0.15) is 36.9 Å². The molecule has 3 rings (SSSR count). The molecule has 0 radical (unpaired) electrons. The third-order valence-electron chi connectivity index (χ3n) is 5.07. The normalized spacial score (nSPS) is 29.1. The molecule has 0 aromatic carbocycles. The van der Waals surface area contributed by atoms with E-state index in [1.165, 1.54) is 6.42 Å². The number of hydrogen-bond acceptors (Lipinski definition) is 5. The van der Waals surface area contributed by atoms with Gasteiger partial charge in [0.15, 0.2) is 0 Å². The third kappa shape index (κ3) is 3.09. The topological polar surface area (TPSA) is 59.5 Å². The molecule has 0 unspecified atom stereocenters. The van der Waals surface area contributed by atoms with Crippen LogP contribution < -0.4 is 0 Å². The van der Waals surface area contributed by atoms with Gasteiger partial charge in [0.2, 0.25) is 10.0 Å². The van der Waals surface area contributed by atoms with Gasteiger partial charge in [-0.2, -0.15) is 0 Å². The molecule has 7 heteroatoms. The van der Waals surface area contributed by atoms with Crippen LogP contribution in [0.25, 0.3) is 0 Å². The summed E-state index contributed by atoms with van der Waals surface area (Å²) in [6.07, 6.45) is 3.38. The molecule has 0 bridgehead atoms. The number of aryl methyl sites for hydroxylation is 1. The van der Waals surface area contributed by atoms with Crippen molar-refractivity contribution in [1.82, 2.24) is 9.29 Å². The van der Waals surface area contributed by atoms with Crippen molar-refractivity contribution in [2.24, 2.45) is 11.3 Å². The fourth-order valence-corrected chi connectivity index (χ4v) is 5.65. The molecule has 0 spiro atoms. The molecule has 5 nitrogen and oxygen atoms in total. The molecule has 0 amide bonds. The van der Waals surface area contributed by atoms with E-state index in [9.17, 15) is 8.42 Å². The van der Waals surface area contributed by atoms with Gasteiger partial charge in [-0.1, -0.05) is 6.42 Å². The predicted molar refractivity (Wildman–Crippen MR) is 87.3 cm³/mol. The summed E-state index contributed by atoms with van der Waals surface area (Å²) in [7, 11) is -3.08. The molecule has 1 aromatic heterocycles. The van der Waals surface area contributed by atoms with Gasteiger partial charge in [-0.05, 0) is 32.6 Å². The molecular weight excluding hydrogens is 320 g/mol. The Balaban J connectivity index is 1.63. The van der Waals surface area contributed by atoms with E-state index in [1.54, 1.807) is 22.6 Å². The molecule has 2 aliphatic rings. The zero-order valence-electron chi connectivity index (χ0n) is 13.2. The van der Waals surface area contributed by atoms with Crippen LogP contribution in [0.15, 0.2) is 5.38 Å². The number of rotatable bonds is 6. The highest BCUT2D eigenvalue weighted by molar-refractivity contribution is 7.89. The molecule has 22 heavy (non-hydrogen) atoms. The molecule has 2 atom stereocenters. The van der Waals surface area contributed by atoms with Crippen LogP contribution >= 0.6 is 11.3 Å². The molecule has 1 aliphatic carbocycles. The van der Waals surface area contributed by atoms with Crippen LogP contribution in [0.4, 0.5) is 0 Å². The van der Waals surface area contributed by atoms with E-state index in [0.29, 0.717) is 32.2 Å². The molecular formula is C15H24N2O3S2. The monoisotopic (exact) mass is 344 g/mol. The molecule has 2 heterocycles. The quantitative estimate of drug-likeness (QED) is 0.795. The highest BCUT2D eigenvalue weighted by atomic mass is 32.2. The summed E-state index contributed by atoms with van der Waals surface area (Å²) >= 11 is 1.63. The van der Waals surface area contributed by atoms with E-state index in [2.05, 4.69) is 4.98 Å². The fourth-order valence-electron chi connectivity index (χ4n) is 3.83. The fraction of sp³-hybridized carbons (Fsp3) is 0.800. The van der Waals surface area contributed by atoms with Crippen LogP contribution in [-0.2, 0) is 21.4 Å². The van der Waals surface area contributed by atoms with Gasteiger partial charge < -0.3 is 4.74 Å². The van der Waals surface area contributed by atoms with Crippen molar-refractivity contribution in [2.75, 3.05) is 25.4 Å². The lowest BCUT2D eigenvalue weighted by molar-refractivity contribution is 0.0279. The number of thiazole rings is 1. The van der Waals surface area contributed by atoms with E-state index in [0.717, 1.165) is 23.5 Å². The first-order valence-corrected chi connectivity index (χ1v) is 10.4. The summed E-state index contributed by atoms with van der Waals surface area (Å²) in [5, 5.41) is 3.08. The Bertz CT molecular complexity index is 628. The SMILES string of the molecule is CCS(=O)(=O)N1C[C@@H]2CCC[C@]2(COCc2csc(C)n2)C1. The molecule has 124 valence electrons. The molecule has 1 aliphatic heterocycles. The Hall–Kier alpha value is -0.500. The Morgan fingerprint density at radius 3 is 3.05 bits per heavy atom. The van der Waals surface area contributed by atoms with Gasteiger partial charge in [-0.3, -0.25) is 0 Å². The van der Waals surface area contributed by atoms with Gasteiger partial charge in [0.25, 0.3) is 0 Å². The number of sulfonamides is 1. The van der Waals surface area contributed by atoms with Gasteiger partial charge in [0, 0.05) is 23.9 Å². The standard InChI is InChI=1S/C15H24N2O3S2/c1-3-22(18,19)17-7-13-5-4-6-15(13,10-17)11-20-8-14-9-21-12(2)16-14/h9,13H,3-8,10-11H2,1-2H3/t13-,15+/m0/s1. The first kappa shape index (κ1) is 16.4. The van der Waals surface area contributed by atoms with Gasteiger partial charge in [0.05, 0.1) is 29.7 Å². The van der Waals surface area contributed by atoms with Crippen LogP contribution in [0, 0.1) is 18.3 Å². The summed E-state index contributed by atoms with van der Waals surface area (Å²) in [6, 6.07) is 0. The second-order valence-corrected chi connectivity index (χ2v) is 9.82. The van der Waals surface area contributed by atoms with Crippen LogP contribution in [0.3, 0.4) is 0 Å². The van der Waals surface area contributed by atoms with Gasteiger partial charge >= 0.3 is 0 Å². The van der Waals surface area contributed by atoms with Gasteiger partial charge in [0.1, 0.15) is 0 Å². The molecule has 1 saturated heterocycles.